The molecule has 9 nitrogen and oxygen atoms in total. The summed E-state index contributed by atoms with van der Waals surface area (Å²) >= 11 is 0. The third-order valence-electron chi connectivity index (χ3n) is 4.80. The number of carbonyl (C=O) groups is 1. The number of rotatable bonds is 5. The Kier molecular flexibility index (Phi) is 5.30. The Balaban J connectivity index is 1.26. The van der Waals surface area contributed by atoms with Gasteiger partial charge in [0.05, 0.1) is 19.4 Å². The molecule has 144 valence electrons. The molecule has 0 N–H and O–H groups in total. The highest BCUT2D eigenvalue weighted by Crippen LogP contribution is 2.22. The van der Waals surface area contributed by atoms with E-state index >= 15 is 0 Å². The van der Waals surface area contributed by atoms with Crippen LogP contribution in [-0.4, -0.2) is 75.2 Å². The summed E-state index contributed by atoms with van der Waals surface area (Å²) in [5.41, 5.74) is 0.944. The normalized spacial score (nSPS) is 23.1. The molecule has 9 heteroatoms. The van der Waals surface area contributed by atoms with Crippen molar-refractivity contribution in [1.82, 2.24) is 24.6 Å². The molecule has 2 atom stereocenters. The van der Waals surface area contributed by atoms with Crippen LogP contribution in [0.5, 0.6) is 5.75 Å². The molecule has 2 fully saturated rings. The summed E-state index contributed by atoms with van der Waals surface area (Å²) in [6.45, 7) is 4.45. The molecule has 2 aromatic rings. The molecule has 4 heterocycles. The molecule has 0 saturated carbocycles. The molecule has 27 heavy (non-hydrogen) atoms. The monoisotopic (exact) mass is 373 g/mol. The average Bonchev–Trinajstić information content (AvgIpc) is 3.30. The number of pyridine rings is 1. The smallest absolute Gasteiger partial charge is 0.224 e. The van der Waals surface area contributed by atoms with E-state index in [1.807, 2.05) is 24.0 Å². The lowest BCUT2D eigenvalue weighted by atomic mass is 10.3. The molecular formula is C18H23N5O4. The number of amides is 1. The lowest BCUT2D eigenvalue weighted by Crippen LogP contribution is -2.33. The van der Waals surface area contributed by atoms with Gasteiger partial charge in [-0.25, -0.2) is 0 Å². The van der Waals surface area contributed by atoms with Crippen LogP contribution in [0.1, 0.15) is 12.1 Å². The number of nitrogens with zero attached hydrogens (tertiary/aromatic N) is 5. The second-order valence-corrected chi connectivity index (χ2v) is 6.87. The van der Waals surface area contributed by atoms with Crippen LogP contribution in [0, 0.1) is 6.92 Å². The number of carbonyl (C=O) groups excluding carboxylic acids is 1. The van der Waals surface area contributed by atoms with E-state index in [0.717, 1.165) is 5.69 Å². The minimum Gasteiger partial charge on any atom is -0.484 e. The van der Waals surface area contributed by atoms with E-state index in [9.17, 15) is 4.79 Å². The third-order valence-corrected chi connectivity index (χ3v) is 4.80. The van der Waals surface area contributed by atoms with Crippen LogP contribution < -0.4 is 4.74 Å². The van der Waals surface area contributed by atoms with Crippen molar-refractivity contribution in [3.8, 4) is 5.75 Å². The second-order valence-electron chi connectivity index (χ2n) is 6.87. The third kappa shape index (κ3) is 4.42. The Labute approximate surface area is 157 Å². The van der Waals surface area contributed by atoms with E-state index in [-0.39, 0.29) is 24.2 Å². The summed E-state index contributed by atoms with van der Waals surface area (Å²) in [6, 6.07) is 3.80. The second kappa shape index (κ2) is 8.01. The molecule has 0 unspecified atom stereocenters. The number of likely N-dealkylation sites (tertiary alicyclic amines) is 1. The van der Waals surface area contributed by atoms with E-state index in [2.05, 4.69) is 15.2 Å². The topological polar surface area (TPSA) is 91.6 Å². The quantitative estimate of drug-likeness (QED) is 0.751. The van der Waals surface area contributed by atoms with Crippen molar-refractivity contribution in [2.75, 3.05) is 26.3 Å². The first-order valence-electron chi connectivity index (χ1n) is 9.10. The zero-order chi connectivity index (χ0) is 18.6. The average molecular weight is 373 g/mol. The van der Waals surface area contributed by atoms with Gasteiger partial charge in [0.2, 0.25) is 5.91 Å². The molecule has 2 aliphatic heterocycles. The van der Waals surface area contributed by atoms with Gasteiger partial charge in [-0.3, -0.25) is 9.78 Å². The van der Waals surface area contributed by atoms with Crippen LogP contribution >= 0.6 is 0 Å². The number of aryl methyl sites for hydroxylation is 2. The first-order chi connectivity index (χ1) is 13.2. The van der Waals surface area contributed by atoms with Crippen LogP contribution in [0.4, 0.5) is 0 Å². The van der Waals surface area contributed by atoms with Crippen LogP contribution in [0.15, 0.2) is 31.0 Å². The van der Waals surface area contributed by atoms with E-state index in [4.69, 9.17) is 14.2 Å². The highest BCUT2D eigenvalue weighted by Gasteiger charge is 2.39. The molecule has 0 aromatic carbocycles. The predicted molar refractivity (Wildman–Crippen MR) is 94.1 cm³/mol. The Bertz CT molecular complexity index is 736. The van der Waals surface area contributed by atoms with Gasteiger partial charge in [0, 0.05) is 31.7 Å². The van der Waals surface area contributed by atoms with Crippen LogP contribution in [0.3, 0.4) is 0 Å². The largest absolute Gasteiger partial charge is 0.484 e. The van der Waals surface area contributed by atoms with E-state index in [1.54, 1.807) is 23.4 Å². The van der Waals surface area contributed by atoms with Crippen molar-refractivity contribution in [1.29, 1.82) is 0 Å². The van der Waals surface area contributed by atoms with Gasteiger partial charge in [-0.05, 0) is 19.1 Å². The number of hydrogen-bond acceptors (Lipinski definition) is 7. The SMILES string of the molecule is Cc1ccc(OC2CO[C@H]3CN(C(=O)CCn4cnnc4)C[C@@H]3OC2)cn1. The van der Waals surface area contributed by atoms with Gasteiger partial charge in [-0.15, -0.1) is 10.2 Å². The molecule has 4 rings (SSSR count). The molecule has 2 saturated heterocycles. The summed E-state index contributed by atoms with van der Waals surface area (Å²) in [6.07, 6.45) is 4.91. The summed E-state index contributed by atoms with van der Waals surface area (Å²) in [7, 11) is 0. The maximum Gasteiger partial charge on any atom is 0.224 e. The van der Waals surface area contributed by atoms with E-state index in [1.165, 1.54) is 0 Å². The molecule has 0 radical (unpaired) electrons. The molecule has 1 amide bonds. The first kappa shape index (κ1) is 17.9. The van der Waals surface area contributed by atoms with Gasteiger partial charge in [0.15, 0.2) is 0 Å². The lowest BCUT2D eigenvalue weighted by Gasteiger charge is -2.19. The number of fused-ring (bicyclic) bond motifs is 1. The van der Waals surface area contributed by atoms with Crippen molar-refractivity contribution in [3.05, 3.63) is 36.7 Å². The molecule has 0 aliphatic carbocycles. The van der Waals surface area contributed by atoms with Crippen molar-refractivity contribution >= 4 is 5.91 Å². The summed E-state index contributed by atoms with van der Waals surface area (Å²) in [4.78, 5) is 18.5. The molecule has 0 bridgehead atoms. The zero-order valence-electron chi connectivity index (χ0n) is 15.2. The minimum atomic E-state index is -0.182. The molecule has 2 aromatic heterocycles. The predicted octanol–water partition coefficient (Wildman–Crippen LogP) is 0.445. The number of hydrogen-bond donors (Lipinski definition) is 0. The zero-order valence-corrected chi connectivity index (χ0v) is 15.2. The summed E-state index contributed by atoms with van der Waals surface area (Å²) < 4.78 is 19.6. The van der Waals surface area contributed by atoms with Gasteiger partial charge in [-0.2, -0.15) is 0 Å². The fraction of sp³-hybridized carbons (Fsp3) is 0.556. The Morgan fingerprint density at radius 3 is 2.52 bits per heavy atom. The Morgan fingerprint density at radius 2 is 1.89 bits per heavy atom. The highest BCUT2D eigenvalue weighted by atomic mass is 16.6. The van der Waals surface area contributed by atoms with Crippen molar-refractivity contribution in [2.24, 2.45) is 0 Å². The van der Waals surface area contributed by atoms with Gasteiger partial charge >= 0.3 is 0 Å². The fourth-order valence-corrected chi connectivity index (χ4v) is 3.28. The van der Waals surface area contributed by atoms with Gasteiger partial charge in [0.1, 0.15) is 36.7 Å². The Morgan fingerprint density at radius 1 is 1.19 bits per heavy atom. The van der Waals surface area contributed by atoms with E-state index in [0.29, 0.717) is 45.0 Å². The van der Waals surface area contributed by atoms with Crippen LogP contribution in [-0.2, 0) is 20.8 Å². The lowest BCUT2D eigenvalue weighted by molar-refractivity contribution is -0.131. The summed E-state index contributed by atoms with van der Waals surface area (Å²) in [5.74, 6) is 0.790. The van der Waals surface area contributed by atoms with Crippen LogP contribution in [0.2, 0.25) is 0 Å². The molecule has 2 aliphatic rings. The minimum absolute atomic E-state index is 0.0857. The van der Waals surface area contributed by atoms with Crippen molar-refractivity contribution in [3.63, 3.8) is 0 Å². The van der Waals surface area contributed by atoms with Gasteiger partial charge < -0.3 is 23.7 Å². The standard InChI is InChI=1S/C18H23N5O4/c1-13-2-3-14(6-19-13)27-15-9-25-16-7-23(8-17(16)26-10-15)18(24)4-5-22-11-20-21-12-22/h2-3,6,11-12,15-17H,4-5,7-10H2,1H3/t16-,17-/m0/s1. The van der Waals surface area contributed by atoms with Crippen molar-refractivity contribution < 1.29 is 19.0 Å². The Hall–Kier alpha value is -2.52. The molecule has 0 spiro atoms. The summed E-state index contributed by atoms with van der Waals surface area (Å²) in [5, 5.41) is 7.48. The number of ether oxygens (including phenoxy) is 3. The van der Waals surface area contributed by atoms with Crippen LogP contribution in [0.25, 0.3) is 0 Å². The van der Waals surface area contributed by atoms with Gasteiger partial charge in [-0.1, -0.05) is 0 Å². The number of aromatic nitrogens is 4. The first-order valence-corrected chi connectivity index (χ1v) is 9.10. The molecular weight excluding hydrogens is 350 g/mol. The maximum atomic E-state index is 12.4. The van der Waals surface area contributed by atoms with E-state index < -0.39 is 0 Å². The fourth-order valence-electron chi connectivity index (χ4n) is 3.28. The highest BCUT2D eigenvalue weighted by molar-refractivity contribution is 5.76. The maximum absolute atomic E-state index is 12.4. The van der Waals surface area contributed by atoms with Crippen molar-refractivity contribution in [2.45, 2.75) is 38.2 Å². The van der Waals surface area contributed by atoms with Gasteiger partial charge in [0.25, 0.3) is 0 Å².